The first-order chi connectivity index (χ1) is 1.91. The van der Waals surface area contributed by atoms with Crippen molar-refractivity contribution in [2.24, 2.45) is 10.9 Å². The monoisotopic (exact) mass is 170 g/mol. The maximum Gasteiger partial charge on any atom is 0.0848 e. The van der Waals surface area contributed by atoms with Crippen molar-refractivity contribution in [3.05, 3.63) is 0 Å². The highest BCUT2D eigenvalue weighted by Crippen LogP contribution is 1.60. The van der Waals surface area contributed by atoms with Gasteiger partial charge >= 0.3 is 0 Å². The van der Waals surface area contributed by atoms with Gasteiger partial charge in [0.15, 0.2) is 0 Å². The van der Waals surface area contributed by atoms with E-state index in [0.717, 1.165) is 0 Å². The third kappa shape index (κ3) is 2.20. The van der Waals surface area contributed by atoms with Crippen molar-refractivity contribution < 1.29 is 0 Å². The van der Waals surface area contributed by atoms with E-state index < -0.39 is 0 Å². The summed E-state index contributed by atoms with van der Waals surface area (Å²) in [6.07, 6.45) is 0. The van der Waals surface area contributed by atoms with E-state index in [9.17, 15) is 0 Å². The summed E-state index contributed by atoms with van der Waals surface area (Å²) in [5.41, 5.74) is 0. The second-order valence-corrected chi connectivity index (χ2v) is 0.804. The largest absolute Gasteiger partial charge is 0.323 e. The fraction of sp³-hybridized carbons (Fsp3) is 0. The first-order valence-corrected chi connectivity index (χ1v) is 1.98. The lowest BCUT2D eigenvalue weighted by Gasteiger charge is -1.53. The molecule has 3 heteroatoms. The molecule has 0 heterocycles. The maximum atomic E-state index is 4.59. The number of halogens is 1. The SMILES string of the molecule is N/N=C\I. The summed E-state index contributed by atoms with van der Waals surface area (Å²) in [6.45, 7) is 0. The lowest BCUT2D eigenvalue weighted by Crippen LogP contribution is -1.72. The molecule has 4 heavy (non-hydrogen) atoms. The van der Waals surface area contributed by atoms with E-state index in [1.807, 2.05) is 22.6 Å². The number of nitrogens with zero attached hydrogens (tertiary/aromatic N) is 1. The molecule has 0 bridgehead atoms. The molecule has 0 saturated heterocycles. The Morgan fingerprint density at radius 3 is 2.25 bits per heavy atom. The first kappa shape index (κ1) is 4.20. The van der Waals surface area contributed by atoms with Crippen molar-refractivity contribution in [2.75, 3.05) is 0 Å². The molecule has 24 valence electrons. The Balaban J connectivity index is 2.55. The van der Waals surface area contributed by atoms with Crippen LogP contribution in [0, 0.1) is 0 Å². The van der Waals surface area contributed by atoms with Crippen LogP contribution >= 0.6 is 22.6 Å². The van der Waals surface area contributed by atoms with Crippen LogP contribution in [0.3, 0.4) is 0 Å². The number of hydrogen-bond acceptors (Lipinski definition) is 2. The molecule has 0 fully saturated rings. The van der Waals surface area contributed by atoms with Gasteiger partial charge in [-0.2, -0.15) is 5.10 Å². The highest BCUT2D eigenvalue weighted by atomic mass is 127. The fourth-order valence-corrected chi connectivity index (χ4v) is 0. The van der Waals surface area contributed by atoms with E-state index >= 15 is 0 Å². The minimum Gasteiger partial charge on any atom is -0.323 e. The standard InChI is InChI=1S/CH3IN2/c2-1-4-3/h1H,3H2/b4-1-. The Kier molecular flexibility index (Phi) is 3.36. The lowest BCUT2D eigenvalue weighted by atomic mass is 11.7. The molecule has 0 saturated carbocycles. The van der Waals surface area contributed by atoms with Crippen LogP contribution in [0.1, 0.15) is 0 Å². The van der Waals surface area contributed by atoms with Crippen LogP contribution in [0.25, 0.3) is 0 Å². The van der Waals surface area contributed by atoms with E-state index in [0.29, 0.717) is 0 Å². The van der Waals surface area contributed by atoms with Gasteiger partial charge in [0.1, 0.15) is 0 Å². The molecule has 2 N–H and O–H groups in total. The first-order valence-electron chi connectivity index (χ1n) is 0.735. The molecule has 0 spiro atoms. The van der Waals surface area contributed by atoms with Gasteiger partial charge in [-0.1, -0.05) is 0 Å². The molecule has 0 unspecified atom stereocenters. The molecule has 2 nitrogen and oxygen atoms in total. The van der Waals surface area contributed by atoms with Crippen molar-refractivity contribution in [1.29, 1.82) is 0 Å². The van der Waals surface area contributed by atoms with Gasteiger partial charge in [0, 0.05) is 0 Å². The van der Waals surface area contributed by atoms with Crippen LogP contribution in [0.2, 0.25) is 0 Å². The summed E-state index contributed by atoms with van der Waals surface area (Å²) in [4.78, 5) is 0. The van der Waals surface area contributed by atoms with Crippen molar-refractivity contribution >= 4 is 26.8 Å². The number of hydrogen-bond donors (Lipinski definition) is 1. The molecule has 0 aliphatic carbocycles. The van der Waals surface area contributed by atoms with Crippen molar-refractivity contribution in [3.63, 3.8) is 0 Å². The van der Waals surface area contributed by atoms with Gasteiger partial charge in [0.05, 0.1) is 4.22 Å². The van der Waals surface area contributed by atoms with Crippen LogP contribution in [-0.2, 0) is 0 Å². The van der Waals surface area contributed by atoms with Crippen LogP contribution in [-0.4, -0.2) is 4.22 Å². The Bertz CT molecular complexity index is 21.2. The second kappa shape index (κ2) is 3.20. The minimum atomic E-state index is 1.50. The Morgan fingerprint density at radius 1 is 2.00 bits per heavy atom. The summed E-state index contributed by atoms with van der Waals surface area (Å²) >= 11 is 1.93. The summed E-state index contributed by atoms with van der Waals surface area (Å²) in [5.74, 6) is 4.59. The molecule has 0 rings (SSSR count). The minimum absolute atomic E-state index is 1.50. The summed E-state index contributed by atoms with van der Waals surface area (Å²) < 4.78 is 1.50. The molecular formula is CH3IN2. The molecular weight excluding hydrogens is 167 g/mol. The van der Waals surface area contributed by atoms with E-state index in [1.54, 1.807) is 0 Å². The van der Waals surface area contributed by atoms with Crippen LogP contribution in [0.4, 0.5) is 0 Å². The van der Waals surface area contributed by atoms with Gasteiger partial charge in [-0.3, -0.25) is 0 Å². The smallest absolute Gasteiger partial charge is 0.0848 e. The van der Waals surface area contributed by atoms with Gasteiger partial charge in [0.25, 0.3) is 0 Å². The molecule has 0 atom stereocenters. The van der Waals surface area contributed by atoms with Gasteiger partial charge in [0.2, 0.25) is 0 Å². The van der Waals surface area contributed by atoms with Crippen LogP contribution < -0.4 is 5.84 Å². The summed E-state index contributed by atoms with van der Waals surface area (Å²) in [6, 6.07) is 0. The second-order valence-electron chi connectivity index (χ2n) is 0.247. The highest BCUT2D eigenvalue weighted by molar-refractivity contribution is 14.1. The molecule has 0 aromatic carbocycles. The van der Waals surface area contributed by atoms with Gasteiger partial charge in [-0.15, -0.1) is 0 Å². The van der Waals surface area contributed by atoms with Gasteiger partial charge in [-0.25, -0.2) is 0 Å². The van der Waals surface area contributed by atoms with Crippen molar-refractivity contribution in [3.8, 4) is 0 Å². The Morgan fingerprint density at radius 2 is 2.25 bits per heavy atom. The zero-order valence-corrected chi connectivity index (χ0v) is 4.14. The number of nitrogens with two attached hydrogens (primary N) is 1. The van der Waals surface area contributed by atoms with Crippen LogP contribution in [0.5, 0.6) is 0 Å². The predicted molar refractivity (Wildman–Crippen MR) is 26.7 cm³/mol. The summed E-state index contributed by atoms with van der Waals surface area (Å²) in [5, 5.41) is 3.10. The van der Waals surface area contributed by atoms with E-state index in [1.165, 1.54) is 4.22 Å². The average Bonchev–Trinajstić information content (AvgIpc) is 1.37. The maximum absolute atomic E-state index is 4.59. The average molecular weight is 170 g/mol. The zero-order chi connectivity index (χ0) is 3.41. The third-order valence-corrected chi connectivity index (χ3v) is 0.378. The van der Waals surface area contributed by atoms with Crippen LogP contribution in [0.15, 0.2) is 5.10 Å². The quantitative estimate of drug-likeness (QED) is 0.242. The lowest BCUT2D eigenvalue weighted by molar-refractivity contribution is 1.28. The van der Waals surface area contributed by atoms with Crippen molar-refractivity contribution in [1.82, 2.24) is 0 Å². The predicted octanol–water partition coefficient (Wildman–Crippen LogP) is 0.323. The van der Waals surface area contributed by atoms with E-state index in [2.05, 4.69) is 10.9 Å². The molecule has 0 aromatic heterocycles. The Labute approximate surface area is 38.2 Å². The molecule has 0 aliphatic rings. The van der Waals surface area contributed by atoms with E-state index in [4.69, 9.17) is 0 Å². The van der Waals surface area contributed by atoms with Gasteiger partial charge < -0.3 is 5.84 Å². The Hall–Kier alpha value is 0.200. The molecule has 0 radical (unpaired) electrons. The number of rotatable bonds is 0. The summed E-state index contributed by atoms with van der Waals surface area (Å²) in [7, 11) is 0. The zero-order valence-electron chi connectivity index (χ0n) is 1.98. The highest BCUT2D eigenvalue weighted by Gasteiger charge is 1.35. The molecule has 0 amide bonds. The third-order valence-electron chi connectivity index (χ3n) is 0.0563. The molecule has 0 aromatic rings. The van der Waals surface area contributed by atoms with Gasteiger partial charge in [-0.05, 0) is 22.6 Å². The topological polar surface area (TPSA) is 38.4 Å². The fourth-order valence-electron chi connectivity index (χ4n) is 0. The molecule has 0 aliphatic heterocycles. The normalized spacial score (nSPS) is 9.25. The van der Waals surface area contributed by atoms with E-state index in [-0.39, 0.29) is 0 Å². The number of hydrazone groups is 1. The van der Waals surface area contributed by atoms with Crippen molar-refractivity contribution in [2.45, 2.75) is 0 Å².